The highest BCUT2D eigenvalue weighted by Crippen LogP contribution is 2.51. The monoisotopic (exact) mass is 1590 g/mol. The van der Waals surface area contributed by atoms with Gasteiger partial charge in [-0.1, -0.05) is 278 Å². The number of anilines is 9. The van der Waals surface area contributed by atoms with Crippen LogP contribution in [-0.4, -0.2) is 39.5 Å². The molecule has 0 amide bonds. The lowest BCUT2D eigenvalue weighted by atomic mass is 9.34. The molecular formula is C108H79B2N5O4Si2. The van der Waals surface area contributed by atoms with Gasteiger partial charge >= 0.3 is 0 Å². The Balaban J connectivity index is 0.680. The zero-order valence-corrected chi connectivity index (χ0v) is 69.7. The van der Waals surface area contributed by atoms with Crippen LogP contribution in [0, 0.1) is 0 Å². The Hall–Kier alpha value is -14.2. The van der Waals surface area contributed by atoms with Crippen molar-refractivity contribution in [2.75, 3.05) is 14.7 Å². The second-order valence-corrected chi connectivity index (χ2v) is 42.4. The van der Waals surface area contributed by atoms with Gasteiger partial charge in [0.25, 0.3) is 13.4 Å². The number of benzene rings is 15. The van der Waals surface area contributed by atoms with Crippen molar-refractivity contribution in [3.8, 4) is 79.6 Å². The predicted octanol–water partition coefficient (Wildman–Crippen LogP) is 17.6. The Morgan fingerprint density at radius 2 is 0.620 bits per heavy atom. The molecule has 0 N–H and O–H groups in total. The average Bonchev–Trinajstić information content (AvgIpc) is 0.673. The number of hydrogen-bond donors (Lipinski definition) is 0. The molecule has 17 aromatic rings. The summed E-state index contributed by atoms with van der Waals surface area (Å²) in [5.74, 6) is 6.41. The van der Waals surface area contributed by atoms with Crippen LogP contribution in [0.5, 0.6) is 46.0 Å². The highest BCUT2D eigenvalue weighted by molar-refractivity contribution is 7.23. The molecule has 0 saturated carbocycles. The molecule has 0 aliphatic carbocycles. The Morgan fingerprint density at radius 1 is 0.248 bits per heavy atom. The third-order valence-corrected chi connectivity index (χ3v) is 36.0. The van der Waals surface area contributed by atoms with E-state index in [2.05, 4.69) is 402 Å². The Labute approximate surface area is 707 Å². The Kier molecular flexibility index (Phi) is 15.6. The van der Waals surface area contributed by atoms with Crippen molar-refractivity contribution in [3.05, 3.63) is 381 Å². The van der Waals surface area contributed by atoms with Crippen LogP contribution >= 0.6 is 0 Å². The van der Waals surface area contributed by atoms with Gasteiger partial charge < -0.3 is 33.6 Å². The summed E-state index contributed by atoms with van der Waals surface area (Å²) in [6.45, 7) is 13.8. The van der Waals surface area contributed by atoms with E-state index in [1.165, 1.54) is 52.6 Å². The summed E-state index contributed by atoms with van der Waals surface area (Å²) in [6.07, 6.45) is 3.79. The second-order valence-electron chi connectivity index (χ2n) is 35.0. The lowest BCUT2D eigenvalue weighted by molar-refractivity contribution is 0.464. The lowest BCUT2D eigenvalue weighted by Gasteiger charge is -2.50. The summed E-state index contributed by atoms with van der Waals surface area (Å²) in [6, 6.07) is 133. The van der Waals surface area contributed by atoms with Crippen molar-refractivity contribution in [2.24, 2.45) is 0 Å². The van der Waals surface area contributed by atoms with Crippen molar-refractivity contribution >= 4 is 155 Å². The predicted molar refractivity (Wildman–Crippen MR) is 503 cm³/mol. The summed E-state index contributed by atoms with van der Waals surface area (Å²) in [5, 5.41) is 10.3. The minimum absolute atomic E-state index is 0.0582. The summed E-state index contributed by atoms with van der Waals surface area (Å²) in [5.41, 5.74) is 24.4. The van der Waals surface area contributed by atoms with E-state index in [-0.39, 0.29) is 24.3 Å². The fourth-order valence-electron chi connectivity index (χ4n) is 20.9. The SMILES string of the molecule is CC(C)(C)c1ccc2c(c1)[Si](c1ccccc1)(c1cccc(-c3ccc4c(c3)B3c5ccccc5Oc5cc(N6c7ccc(-c8ccccn8)cc7[Si]7(c8ccccc8N(c8ccccc8)c8ccccc87)c7cc(-c8ccccn8)ccc76)cc(c53)O4)c1)c1cc(C(C)(C)C)ccc1N2c1cc2c3c(c1)Oc1ccccc1B3c1ccccc1O2. The molecule has 24 rings (SSSR count). The number of ether oxygens (including phenoxy) is 4. The lowest BCUT2D eigenvalue weighted by Crippen LogP contribution is -2.79. The summed E-state index contributed by atoms with van der Waals surface area (Å²) in [4.78, 5) is 17.6. The largest absolute Gasteiger partial charge is 0.458 e. The van der Waals surface area contributed by atoms with Gasteiger partial charge in [-0.3, -0.25) is 9.97 Å². The van der Waals surface area contributed by atoms with Gasteiger partial charge in [-0.05, 0) is 193 Å². The van der Waals surface area contributed by atoms with Crippen LogP contribution < -0.4 is 108 Å². The molecule has 7 aliphatic rings. The first kappa shape index (κ1) is 70.9. The number of pyridine rings is 2. The van der Waals surface area contributed by atoms with Gasteiger partial charge in [0.2, 0.25) is 0 Å². The molecule has 15 aromatic carbocycles. The third-order valence-electron chi connectivity index (χ3n) is 26.3. The minimum atomic E-state index is -3.44. The van der Waals surface area contributed by atoms with E-state index >= 15 is 0 Å². The normalized spacial score (nSPS) is 14.5. The molecule has 574 valence electrons. The first-order valence-electron chi connectivity index (χ1n) is 41.9. The fraction of sp³-hybridized carbons (Fsp3) is 0.0741. The van der Waals surface area contributed by atoms with Crippen LogP contribution in [0.2, 0.25) is 0 Å². The van der Waals surface area contributed by atoms with Gasteiger partial charge in [0.05, 0.1) is 22.8 Å². The van der Waals surface area contributed by atoms with E-state index in [0.717, 1.165) is 164 Å². The second kappa shape index (κ2) is 26.6. The molecule has 1 spiro atoms. The molecule has 0 bridgehead atoms. The van der Waals surface area contributed by atoms with Crippen molar-refractivity contribution in [1.29, 1.82) is 0 Å². The van der Waals surface area contributed by atoms with Crippen LogP contribution in [0.3, 0.4) is 0 Å². The maximum atomic E-state index is 7.59. The molecule has 9 heterocycles. The summed E-state index contributed by atoms with van der Waals surface area (Å²) < 4.78 is 29.2. The number of hydrogen-bond acceptors (Lipinski definition) is 9. The smallest absolute Gasteiger partial charge is 0.260 e. The molecule has 0 saturated heterocycles. The molecule has 0 fully saturated rings. The van der Waals surface area contributed by atoms with Crippen LogP contribution in [0.4, 0.5) is 51.2 Å². The van der Waals surface area contributed by atoms with Gasteiger partial charge in [-0.25, -0.2) is 0 Å². The number of aromatic nitrogens is 2. The Morgan fingerprint density at radius 3 is 1.09 bits per heavy atom. The molecule has 0 atom stereocenters. The quantitative estimate of drug-likeness (QED) is 0.138. The van der Waals surface area contributed by atoms with Crippen molar-refractivity contribution in [2.45, 2.75) is 52.4 Å². The van der Waals surface area contributed by atoms with Crippen molar-refractivity contribution in [1.82, 2.24) is 9.97 Å². The standard InChI is InChI=1S/C108H79B2N5O4Si2/c1-107(2,3)72-49-53-89-103(62-72)120(77-31-11-8-12-32-77,104-63-73(108(4,5)6)50-54-90(104)115(89)76-64-95-105-96(65-76)117-92-42-19-14-35-80(92)109(105)79-34-13-18-41-91(79)116-95)78-33-27-28-68(58-78)69-48-55-94-82(59-69)110-81-36-15-20-43-93(81)118-97-66-75(67-98(119-94)106(97)110)114-87-51-46-70(83-37-23-25-56-111-83)60-101(87)121(102-61-71(47-52-88(102)114)84-38-24-26-57-112-84)99-44-21-16-39-85(99)113(74-29-9-7-10-30-74)86-40-17-22-45-100(86)121/h7-67H,1-6H3. The van der Waals surface area contributed by atoms with E-state index in [0.29, 0.717) is 0 Å². The maximum absolute atomic E-state index is 7.59. The van der Waals surface area contributed by atoms with Gasteiger partial charge in [0.15, 0.2) is 16.1 Å². The van der Waals surface area contributed by atoms with Crippen LogP contribution in [0.15, 0.2) is 370 Å². The van der Waals surface area contributed by atoms with E-state index in [4.69, 9.17) is 28.9 Å². The van der Waals surface area contributed by atoms with Crippen molar-refractivity contribution in [3.63, 3.8) is 0 Å². The van der Waals surface area contributed by atoms with E-state index in [1.807, 2.05) is 24.5 Å². The zero-order chi connectivity index (χ0) is 80.8. The fourth-order valence-corrected chi connectivity index (χ4v) is 31.6. The highest BCUT2D eigenvalue weighted by Gasteiger charge is 2.56. The number of fused-ring (bicyclic) bond motifs is 18. The first-order valence-corrected chi connectivity index (χ1v) is 45.9. The maximum Gasteiger partial charge on any atom is 0.260 e. The van der Waals surface area contributed by atoms with Crippen LogP contribution in [-0.2, 0) is 10.8 Å². The number of rotatable bonds is 8. The molecule has 9 nitrogen and oxygen atoms in total. The van der Waals surface area contributed by atoms with Crippen LogP contribution in [0.1, 0.15) is 52.7 Å². The minimum Gasteiger partial charge on any atom is -0.458 e. The molecule has 13 heteroatoms. The van der Waals surface area contributed by atoms with E-state index in [9.17, 15) is 0 Å². The molecule has 121 heavy (non-hydrogen) atoms. The Bertz CT molecular complexity index is 6900. The topological polar surface area (TPSA) is 72.4 Å². The van der Waals surface area contributed by atoms with Gasteiger partial charge in [0.1, 0.15) is 46.0 Å². The van der Waals surface area contributed by atoms with Gasteiger partial charge in [0, 0.05) is 98.5 Å². The number of para-hydroxylation sites is 6. The molecule has 0 unspecified atom stereocenters. The van der Waals surface area contributed by atoms with Crippen LogP contribution in [0.25, 0.3) is 33.6 Å². The molecule has 2 aromatic heterocycles. The summed E-state index contributed by atoms with van der Waals surface area (Å²) >= 11 is 0. The van der Waals surface area contributed by atoms with Gasteiger partial charge in [-0.15, -0.1) is 0 Å². The molecule has 0 radical (unpaired) electrons. The first-order chi connectivity index (χ1) is 59.2. The summed E-state index contributed by atoms with van der Waals surface area (Å²) in [7, 11) is -6.88. The van der Waals surface area contributed by atoms with Crippen molar-refractivity contribution < 1.29 is 18.9 Å². The van der Waals surface area contributed by atoms with E-state index < -0.39 is 16.1 Å². The third kappa shape index (κ3) is 10.6. The number of nitrogens with zero attached hydrogens (tertiary/aromatic N) is 5. The van der Waals surface area contributed by atoms with Gasteiger partial charge in [-0.2, -0.15) is 0 Å². The van der Waals surface area contributed by atoms with E-state index in [1.54, 1.807) is 0 Å². The molecular weight excluding hydrogens is 1510 g/mol. The average molecular weight is 1590 g/mol. The zero-order valence-electron chi connectivity index (χ0n) is 67.7. The molecule has 7 aliphatic heterocycles. The highest BCUT2D eigenvalue weighted by atomic mass is 28.3.